The van der Waals surface area contributed by atoms with E-state index in [0.717, 1.165) is 24.8 Å². The molecule has 0 heterocycles. The van der Waals surface area contributed by atoms with Crippen molar-refractivity contribution in [3.05, 3.63) is 29.6 Å². The Morgan fingerprint density at radius 1 is 1.24 bits per heavy atom. The van der Waals surface area contributed by atoms with E-state index in [2.05, 4.69) is 5.32 Å². The molecule has 2 aliphatic rings. The van der Waals surface area contributed by atoms with Gasteiger partial charge in [0.05, 0.1) is 11.8 Å². The maximum Gasteiger partial charge on any atom is 0.307 e. The third-order valence-corrected chi connectivity index (χ3v) is 4.96. The Balaban J connectivity index is 1.81. The van der Waals surface area contributed by atoms with Gasteiger partial charge < -0.3 is 10.4 Å². The predicted octanol–water partition coefficient (Wildman–Crippen LogP) is 2.82. The number of nitrogens with one attached hydrogen (secondary N) is 1. The Morgan fingerprint density at radius 2 is 1.90 bits per heavy atom. The fourth-order valence-corrected chi connectivity index (χ4v) is 3.97. The summed E-state index contributed by atoms with van der Waals surface area (Å²) in [5, 5.41) is 12.1. The zero-order valence-electron chi connectivity index (χ0n) is 11.8. The molecule has 2 aliphatic carbocycles. The number of carboxylic acids is 1. The lowest BCUT2D eigenvalue weighted by molar-refractivity contribution is -0.148. The maximum absolute atomic E-state index is 13.3. The second-order valence-electron chi connectivity index (χ2n) is 6.17. The molecule has 0 saturated heterocycles. The molecule has 4 nitrogen and oxygen atoms in total. The van der Waals surface area contributed by atoms with Gasteiger partial charge >= 0.3 is 5.97 Å². The average molecular weight is 291 g/mol. The molecule has 2 bridgehead atoms. The van der Waals surface area contributed by atoms with Crippen molar-refractivity contribution in [3.8, 4) is 0 Å². The average Bonchev–Trinajstić information content (AvgIpc) is 3.03. The minimum atomic E-state index is -0.890. The third kappa shape index (κ3) is 2.41. The number of amides is 1. The van der Waals surface area contributed by atoms with E-state index in [4.69, 9.17) is 0 Å². The van der Waals surface area contributed by atoms with Gasteiger partial charge in [0.15, 0.2) is 0 Å². The lowest BCUT2D eigenvalue weighted by Crippen LogP contribution is -2.38. The van der Waals surface area contributed by atoms with Crippen LogP contribution in [0.2, 0.25) is 0 Å². The van der Waals surface area contributed by atoms with Gasteiger partial charge in [0, 0.05) is 5.69 Å². The second-order valence-corrected chi connectivity index (χ2v) is 6.17. The van der Waals surface area contributed by atoms with Gasteiger partial charge in [-0.1, -0.05) is 6.07 Å². The molecular weight excluding hydrogens is 273 g/mol. The molecular formula is C16H18FNO3. The van der Waals surface area contributed by atoms with E-state index < -0.39 is 23.6 Å². The first-order valence-corrected chi connectivity index (χ1v) is 7.27. The molecule has 4 atom stereocenters. The van der Waals surface area contributed by atoms with Crippen LogP contribution >= 0.6 is 0 Å². The van der Waals surface area contributed by atoms with Crippen molar-refractivity contribution >= 4 is 17.6 Å². The number of carboxylic acid groups (broad SMARTS) is 1. The fourth-order valence-electron chi connectivity index (χ4n) is 3.97. The molecule has 0 spiro atoms. The number of aliphatic carboxylic acids is 1. The number of halogens is 1. The molecule has 1 aromatic carbocycles. The van der Waals surface area contributed by atoms with E-state index in [0.29, 0.717) is 5.69 Å². The molecule has 0 aromatic heterocycles. The highest BCUT2D eigenvalue weighted by Crippen LogP contribution is 2.52. The van der Waals surface area contributed by atoms with Crippen molar-refractivity contribution < 1.29 is 19.1 Å². The van der Waals surface area contributed by atoms with E-state index in [1.165, 1.54) is 12.1 Å². The van der Waals surface area contributed by atoms with Crippen LogP contribution in [0.25, 0.3) is 0 Å². The van der Waals surface area contributed by atoms with Gasteiger partial charge in [-0.3, -0.25) is 9.59 Å². The number of aryl methyl sites for hydroxylation is 1. The molecule has 0 aliphatic heterocycles. The first-order chi connectivity index (χ1) is 9.97. The normalized spacial score (nSPS) is 30.4. The highest BCUT2D eigenvalue weighted by atomic mass is 19.1. The first-order valence-electron chi connectivity index (χ1n) is 7.27. The molecule has 2 saturated carbocycles. The summed E-state index contributed by atoms with van der Waals surface area (Å²) in [7, 11) is 0. The highest BCUT2D eigenvalue weighted by molar-refractivity contribution is 5.96. The number of carbonyl (C=O) groups excluding carboxylic acids is 1. The van der Waals surface area contributed by atoms with Crippen LogP contribution in [-0.4, -0.2) is 17.0 Å². The minimum absolute atomic E-state index is 0.108. The molecule has 0 radical (unpaired) electrons. The van der Waals surface area contributed by atoms with E-state index in [1.54, 1.807) is 13.0 Å². The van der Waals surface area contributed by atoms with Crippen molar-refractivity contribution in [2.75, 3.05) is 5.32 Å². The number of benzene rings is 1. The summed E-state index contributed by atoms with van der Waals surface area (Å²) < 4.78 is 13.3. The maximum atomic E-state index is 13.3. The van der Waals surface area contributed by atoms with Gasteiger partial charge in [-0.15, -0.1) is 0 Å². The Bertz CT molecular complexity index is 601. The molecule has 21 heavy (non-hydrogen) atoms. The van der Waals surface area contributed by atoms with E-state index >= 15 is 0 Å². The van der Waals surface area contributed by atoms with Gasteiger partial charge in [0.2, 0.25) is 5.91 Å². The van der Waals surface area contributed by atoms with E-state index in [1.807, 2.05) is 0 Å². The van der Waals surface area contributed by atoms with Crippen molar-refractivity contribution in [3.63, 3.8) is 0 Å². The van der Waals surface area contributed by atoms with Crippen molar-refractivity contribution in [1.82, 2.24) is 0 Å². The molecule has 1 aromatic rings. The number of rotatable bonds is 3. The van der Waals surface area contributed by atoms with Crippen LogP contribution in [0.5, 0.6) is 0 Å². The monoisotopic (exact) mass is 291 g/mol. The second kappa shape index (κ2) is 5.13. The number of anilines is 1. The van der Waals surface area contributed by atoms with Gasteiger partial charge in [-0.25, -0.2) is 4.39 Å². The van der Waals surface area contributed by atoms with E-state index in [9.17, 15) is 19.1 Å². The summed E-state index contributed by atoms with van der Waals surface area (Å²) in [6.45, 7) is 1.78. The minimum Gasteiger partial charge on any atom is -0.481 e. The van der Waals surface area contributed by atoms with Crippen molar-refractivity contribution in [2.45, 2.75) is 26.2 Å². The van der Waals surface area contributed by atoms with Crippen LogP contribution in [0, 0.1) is 36.4 Å². The largest absolute Gasteiger partial charge is 0.481 e. The Labute approximate surface area is 122 Å². The first kappa shape index (κ1) is 14.0. The van der Waals surface area contributed by atoms with Crippen LogP contribution in [0.3, 0.4) is 0 Å². The lowest BCUT2D eigenvalue weighted by Gasteiger charge is -2.27. The highest BCUT2D eigenvalue weighted by Gasteiger charge is 2.53. The van der Waals surface area contributed by atoms with Gasteiger partial charge in [0.25, 0.3) is 0 Å². The number of fused-ring (bicyclic) bond motifs is 2. The van der Waals surface area contributed by atoms with Gasteiger partial charge in [0.1, 0.15) is 5.82 Å². The Hall–Kier alpha value is -1.91. The van der Waals surface area contributed by atoms with Crippen LogP contribution in [0.1, 0.15) is 24.8 Å². The summed E-state index contributed by atoms with van der Waals surface area (Å²) >= 11 is 0. The molecule has 3 rings (SSSR count). The summed E-state index contributed by atoms with van der Waals surface area (Å²) in [5.41, 5.74) is 1.19. The molecule has 0 unspecified atom stereocenters. The fraction of sp³-hybridized carbons (Fsp3) is 0.500. The SMILES string of the molecule is Cc1ccc(F)cc1NC(=O)[C@@H]1[C@@H]2CC[C@@H](C2)[C@@H]1C(=O)O. The third-order valence-electron chi connectivity index (χ3n) is 4.96. The zero-order valence-corrected chi connectivity index (χ0v) is 11.8. The number of carbonyl (C=O) groups is 2. The van der Waals surface area contributed by atoms with Gasteiger partial charge in [-0.05, 0) is 55.7 Å². The van der Waals surface area contributed by atoms with Crippen LogP contribution in [-0.2, 0) is 9.59 Å². The number of hydrogen-bond acceptors (Lipinski definition) is 2. The van der Waals surface area contributed by atoms with E-state index in [-0.39, 0.29) is 17.7 Å². The molecule has 112 valence electrons. The number of hydrogen-bond donors (Lipinski definition) is 2. The summed E-state index contributed by atoms with van der Waals surface area (Å²) in [4.78, 5) is 23.9. The Morgan fingerprint density at radius 3 is 2.57 bits per heavy atom. The summed E-state index contributed by atoms with van der Waals surface area (Å²) in [5.74, 6) is -2.44. The zero-order chi connectivity index (χ0) is 15.1. The van der Waals surface area contributed by atoms with Crippen molar-refractivity contribution in [2.24, 2.45) is 23.7 Å². The Kier molecular flexibility index (Phi) is 3.43. The smallest absolute Gasteiger partial charge is 0.307 e. The van der Waals surface area contributed by atoms with Gasteiger partial charge in [-0.2, -0.15) is 0 Å². The summed E-state index contributed by atoms with van der Waals surface area (Å²) in [6.07, 6.45) is 2.62. The molecule has 5 heteroatoms. The molecule has 1 amide bonds. The van der Waals surface area contributed by atoms with Crippen LogP contribution < -0.4 is 5.32 Å². The standard InChI is InChI=1S/C16H18FNO3/c1-8-2-5-11(17)7-12(8)18-15(19)13-9-3-4-10(6-9)14(13)16(20)21/h2,5,7,9-10,13-14H,3-4,6H2,1H3,(H,18,19)(H,20,21)/t9-,10+,13-,14+/m1/s1. The topological polar surface area (TPSA) is 66.4 Å². The molecule has 2 N–H and O–H groups in total. The summed E-state index contributed by atoms with van der Waals surface area (Å²) in [6, 6.07) is 4.21. The van der Waals surface area contributed by atoms with Crippen LogP contribution in [0.15, 0.2) is 18.2 Å². The quantitative estimate of drug-likeness (QED) is 0.900. The van der Waals surface area contributed by atoms with Crippen molar-refractivity contribution in [1.29, 1.82) is 0 Å². The predicted molar refractivity (Wildman–Crippen MR) is 75.2 cm³/mol. The van der Waals surface area contributed by atoms with Crippen LogP contribution in [0.4, 0.5) is 10.1 Å². The lowest BCUT2D eigenvalue weighted by atomic mass is 9.78. The molecule has 2 fully saturated rings.